The molecule has 0 bridgehead atoms. The molecular weight excluding hydrogens is 254 g/mol. The van der Waals surface area contributed by atoms with Crippen molar-refractivity contribution < 1.29 is 14.4 Å². The van der Waals surface area contributed by atoms with E-state index in [0.717, 1.165) is 5.56 Å². The summed E-state index contributed by atoms with van der Waals surface area (Å²) in [5.41, 5.74) is 3.12. The van der Waals surface area contributed by atoms with Crippen LogP contribution in [0.5, 0.6) is 0 Å². The van der Waals surface area contributed by atoms with Crippen LogP contribution in [0.25, 0.3) is 0 Å². The van der Waals surface area contributed by atoms with E-state index in [-0.39, 0.29) is 5.78 Å². The minimum atomic E-state index is -0.522. The van der Waals surface area contributed by atoms with Crippen molar-refractivity contribution >= 4 is 17.5 Å². The molecule has 1 aromatic rings. The summed E-state index contributed by atoms with van der Waals surface area (Å²) in [4.78, 5) is 28.2. The molecule has 0 heterocycles. The zero-order valence-electron chi connectivity index (χ0n) is 11.6. The zero-order valence-corrected chi connectivity index (χ0v) is 11.6. The van der Waals surface area contributed by atoms with Crippen LogP contribution in [0.4, 0.5) is 0 Å². The molecule has 0 fully saturated rings. The fourth-order valence-corrected chi connectivity index (χ4v) is 1.82. The highest BCUT2D eigenvalue weighted by Gasteiger charge is 2.14. The van der Waals surface area contributed by atoms with Crippen LogP contribution in [0.1, 0.15) is 29.8 Å². The van der Waals surface area contributed by atoms with Gasteiger partial charge in [0.05, 0.1) is 5.56 Å². The number of hydrogen-bond acceptors (Lipinski definition) is 4. The number of ketones is 1. The second-order valence-electron chi connectivity index (χ2n) is 4.74. The number of oxime groups is 1. The third-order valence-corrected chi connectivity index (χ3v) is 2.97. The second kappa shape index (κ2) is 5.65. The van der Waals surface area contributed by atoms with E-state index < -0.39 is 5.97 Å². The lowest BCUT2D eigenvalue weighted by Crippen LogP contribution is -2.11. The molecule has 2 rings (SSSR count). The van der Waals surface area contributed by atoms with E-state index in [0.29, 0.717) is 22.4 Å². The third kappa shape index (κ3) is 3.09. The van der Waals surface area contributed by atoms with Gasteiger partial charge in [0.1, 0.15) is 5.71 Å². The number of carbonyl (C=O) groups excluding carboxylic acids is 2. The molecule has 20 heavy (non-hydrogen) atoms. The molecular formula is C16H15NO3. The van der Waals surface area contributed by atoms with Gasteiger partial charge in [-0.1, -0.05) is 22.9 Å². The van der Waals surface area contributed by atoms with E-state index in [4.69, 9.17) is 4.84 Å². The Hall–Kier alpha value is -2.49. The van der Waals surface area contributed by atoms with Gasteiger partial charge in [-0.3, -0.25) is 4.79 Å². The molecule has 0 saturated heterocycles. The molecule has 0 saturated carbocycles. The predicted octanol–water partition coefficient (Wildman–Crippen LogP) is 2.98. The number of Topliss-reactive ketones (excluding diaryl/α,β-unsaturated/α-hetero) is 1. The van der Waals surface area contributed by atoms with E-state index in [2.05, 4.69) is 5.16 Å². The van der Waals surface area contributed by atoms with Crippen LogP contribution in [0.15, 0.2) is 52.7 Å². The fraction of sp³-hybridized carbons (Fsp3) is 0.188. The van der Waals surface area contributed by atoms with Crippen molar-refractivity contribution in [2.75, 3.05) is 0 Å². The van der Waals surface area contributed by atoms with Gasteiger partial charge >= 0.3 is 5.97 Å². The molecule has 4 heteroatoms. The van der Waals surface area contributed by atoms with Crippen molar-refractivity contribution in [1.82, 2.24) is 0 Å². The maximum Gasteiger partial charge on any atom is 0.365 e. The largest absolute Gasteiger partial charge is 0.365 e. The first-order valence-electron chi connectivity index (χ1n) is 6.24. The molecule has 4 nitrogen and oxygen atoms in total. The first-order valence-corrected chi connectivity index (χ1v) is 6.24. The fourth-order valence-electron chi connectivity index (χ4n) is 1.82. The summed E-state index contributed by atoms with van der Waals surface area (Å²) in [5.74, 6) is -0.541. The Labute approximate surface area is 117 Å². The molecule has 0 aromatic heterocycles. The molecule has 0 amide bonds. The van der Waals surface area contributed by atoms with Crippen LogP contribution >= 0.6 is 0 Å². The number of benzene rings is 1. The lowest BCUT2D eigenvalue weighted by Gasteiger charge is -2.08. The van der Waals surface area contributed by atoms with Crippen molar-refractivity contribution in [2.45, 2.75) is 20.8 Å². The Morgan fingerprint density at radius 3 is 2.10 bits per heavy atom. The summed E-state index contributed by atoms with van der Waals surface area (Å²) in [5, 5.41) is 3.78. The summed E-state index contributed by atoms with van der Waals surface area (Å²) in [7, 11) is 0. The average Bonchev–Trinajstić information content (AvgIpc) is 2.42. The highest BCUT2D eigenvalue weighted by Crippen LogP contribution is 2.13. The highest BCUT2D eigenvalue weighted by atomic mass is 16.7. The summed E-state index contributed by atoms with van der Waals surface area (Å²) in [6, 6.07) is 7.03. The lowest BCUT2D eigenvalue weighted by atomic mass is 9.98. The van der Waals surface area contributed by atoms with Crippen LogP contribution < -0.4 is 0 Å². The van der Waals surface area contributed by atoms with E-state index in [9.17, 15) is 9.59 Å². The van der Waals surface area contributed by atoms with Crippen molar-refractivity contribution in [1.29, 1.82) is 0 Å². The molecule has 0 unspecified atom stereocenters. The van der Waals surface area contributed by atoms with Gasteiger partial charge in [0.15, 0.2) is 5.78 Å². The summed E-state index contributed by atoms with van der Waals surface area (Å²) in [6.45, 7) is 5.35. The standard InChI is InChI=1S/C16H15NO3/c1-10-4-6-13(7-5-10)16(19)20-17-14-8-11(2)15(18)12(3)9-14/h4-9H,1-3H3. The monoisotopic (exact) mass is 269 g/mol. The molecule has 1 aliphatic rings. The normalized spacial score (nSPS) is 14.6. The quantitative estimate of drug-likeness (QED) is 0.471. The minimum Gasteiger partial charge on any atom is -0.312 e. The first kappa shape index (κ1) is 13.9. The van der Waals surface area contributed by atoms with Crippen molar-refractivity contribution in [3.05, 3.63) is 58.7 Å². The molecule has 1 aliphatic carbocycles. The van der Waals surface area contributed by atoms with E-state index in [1.807, 2.05) is 19.1 Å². The van der Waals surface area contributed by atoms with Crippen molar-refractivity contribution in [2.24, 2.45) is 5.16 Å². The Morgan fingerprint density at radius 2 is 1.55 bits per heavy atom. The summed E-state index contributed by atoms with van der Waals surface area (Å²) >= 11 is 0. The maximum atomic E-state index is 11.8. The van der Waals surface area contributed by atoms with E-state index in [1.54, 1.807) is 38.1 Å². The van der Waals surface area contributed by atoms with E-state index >= 15 is 0 Å². The smallest absolute Gasteiger partial charge is 0.312 e. The van der Waals surface area contributed by atoms with Gasteiger partial charge in [-0.25, -0.2) is 4.79 Å². The topological polar surface area (TPSA) is 55.7 Å². The third-order valence-electron chi connectivity index (χ3n) is 2.97. The predicted molar refractivity (Wildman–Crippen MR) is 76.6 cm³/mol. The van der Waals surface area contributed by atoms with Gasteiger partial charge in [0, 0.05) is 0 Å². The van der Waals surface area contributed by atoms with Crippen molar-refractivity contribution in [3.8, 4) is 0 Å². The van der Waals surface area contributed by atoms with Gasteiger partial charge in [-0.05, 0) is 56.2 Å². The van der Waals surface area contributed by atoms with Crippen LogP contribution in [0, 0.1) is 6.92 Å². The maximum absolute atomic E-state index is 11.8. The number of nitrogens with zero attached hydrogens (tertiary/aromatic N) is 1. The van der Waals surface area contributed by atoms with Gasteiger partial charge in [0.25, 0.3) is 0 Å². The Bertz CT molecular complexity index is 625. The molecule has 0 spiro atoms. The van der Waals surface area contributed by atoms with Crippen LogP contribution in [0.2, 0.25) is 0 Å². The second-order valence-corrected chi connectivity index (χ2v) is 4.74. The molecule has 1 aromatic carbocycles. The Morgan fingerprint density at radius 1 is 1.00 bits per heavy atom. The van der Waals surface area contributed by atoms with Crippen molar-refractivity contribution in [3.63, 3.8) is 0 Å². The van der Waals surface area contributed by atoms with Gasteiger partial charge < -0.3 is 4.84 Å². The Balaban J connectivity index is 2.12. The van der Waals surface area contributed by atoms with E-state index in [1.165, 1.54) is 0 Å². The van der Waals surface area contributed by atoms with Crippen LogP contribution in [-0.2, 0) is 9.63 Å². The number of allylic oxidation sites excluding steroid dienone is 4. The van der Waals surface area contributed by atoms with Gasteiger partial charge in [-0.15, -0.1) is 0 Å². The molecule has 0 N–H and O–H groups in total. The summed E-state index contributed by atoms with van der Waals surface area (Å²) in [6.07, 6.45) is 3.19. The number of aryl methyl sites for hydroxylation is 1. The molecule has 0 atom stereocenters. The minimum absolute atomic E-state index is 0.0196. The number of hydrogen-bond donors (Lipinski definition) is 0. The number of rotatable bonds is 2. The lowest BCUT2D eigenvalue weighted by molar-refractivity contribution is -0.112. The molecule has 102 valence electrons. The molecule has 0 radical (unpaired) electrons. The summed E-state index contributed by atoms with van der Waals surface area (Å²) < 4.78 is 0. The average molecular weight is 269 g/mol. The van der Waals surface area contributed by atoms with Gasteiger partial charge in [-0.2, -0.15) is 0 Å². The highest BCUT2D eigenvalue weighted by molar-refractivity contribution is 6.21. The van der Waals surface area contributed by atoms with Gasteiger partial charge in [0.2, 0.25) is 0 Å². The van der Waals surface area contributed by atoms with Crippen LogP contribution in [0.3, 0.4) is 0 Å². The Kier molecular flexibility index (Phi) is 3.94. The number of carbonyl (C=O) groups is 2. The SMILES string of the molecule is CC1=CC(=NOC(=O)c2ccc(C)cc2)C=C(C)C1=O. The zero-order chi connectivity index (χ0) is 14.7. The molecule has 0 aliphatic heterocycles. The first-order chi connectivity index (χ1) is 9.47. The van der Waals surface area contributed by atoms with Crippen LogP contribution in [-0.4, -0.2) is 17.5 Å².